The normalized spacial score (nSPS) is 22.1. The Morgan fingerprint density at radius 1 is 1.33 bits per heavy atom. The van der Waals surface area contributed by atoms with Gasteiger partial charge in [-0.15, -0.1) is 0 Å². The summed E-state index contributed by atoms with van der Waals surface area (Å²) in [5.74, 6) is 1.25. The molecule has 2 unspecified atom stereocenters. The highest BCUT2D eigenvalue weighted by molar-refractivity contribution is 6.39. The van der Waals surface area contributed by atoms with Crippen molar-refractivity contribution < 1.29 is 9.84 Å². The van der Waals surface area contributed by atoms with Gasteiger partial charge < -0.3 is 15.2 Å². The van der Waals surface area contributed by atoms with Crippen LogP contribution in [0, 0.1) is 5.92 Å². The maximum absolute atomic E-state index is 10.1. The Morgan fingerprint density at radius 2 is 2.15 bits per heavy atom. The molecule has 2 N–H and O–H groups in total. The van der Waals surface area contributed by atoms with Gasteiger partial charge in [0.05, 0.1) is 16.7 Å². The number of piperazine rings is 1. The van der Waals surface area contributed by atoms with Gasteiger partial charge in [-0.2, -0.15) is 0 Å². The minimum Gasteiger partial charge on any atom is -0.489 e. The zero-order valence-corrected chi connectivity index (χ0v) is 16.9. The molecule has 2 aliphatic rings. The molecule has 2 aromatic rings. The number of pyridine rings is 1. The molecule has 0 bridgehead atoms. The highest BCUT2D eigenvalue weighted by Crippen LogP contribution is 2.39. The van der Waals surface area contributed by atoms with Gasteiger partial charge in [-0.05, 0) is 43.9 Å². The van der Waals surface area contributed by atoms with Crippen LogP contribution in [0.3, 0.4) is 0 Å². The molecule has 1 saturated carbocycles. The van der Waals surface area contributed by atoms with E-state index >= 15 is 0 Å². The van der Waals surface area contributed by atoms with E-state index < -0.39 is 6.23 Å². The van der Waals surface area contributed by atoms with Gasteiger partial charge in [-0.1, -0.05) is 23.2 Å². The number of benzene rings is 1. The highest BCUT2D eigenvalue weighted by atomic mass is 35.5. The second-order valence-electron chi connectivity index (χ2n) is 7.55. The van der Waals surface area contributed by atoms with Gasteiger partial charge >= 0.3 is 0 Å². The van der Waals surface area contributed by atoms with Crippen LogP contribution in [-0.4, -0.2) is 53.5 Å². The Morgan fingerprint density at radius 3 is 2.89 bits per heavy atom. The molecule has 1 aromatic carbocycles. The van der Waals surface area contributed by atoms with Crippen molar-refractivity contribution in [1.82, 2.24) is 15.2 Å². The van der Waals surface area contributed by atoms with Crippen molar-refractivity contribution in [3.05, 3.63) is 33.9 Å². The summed E-state index contributed by atoms with van der Waals surface area (Å²) in [6.07, 6.45) is 2.69. The standard InChI is InChI=1S/C20H25Cl2N3O2/c1-12(26)25-7-6-23-10-15(25)8-14-4-5-16-17(21)9-18(22)20(19(16)24-14)27-11-13-2-3-13/h4-5,9,12-13,15,23,26H,2-3,6-8,10-11H2,1H3. The summed E-state index contributed by atoms with van der Waals surface area (Å²) in [7, 11) is 0. The van der Waals surface area contributed by atoms with E-state index in [1.807, 2.05) is 19.1 Å². The Hall–Kier alpha value is -1.11. The van der Waals surface area contributed by atoms with Crippen molar-refractivity contribution in [2.75, 3.05) is 26.2 Å². The zero-order valence-electron chi connectivity index (χ0n) is 15.4. The van der Waals surface area contributed by atoms with Crippen molar-refractivity contribution in [1.29, 1.82) is 0 Å². The SMILES string of the molecule is CC(O)N1CCNCC1Cc1ccc2c(Cl)cc(Cl)c(OCC3CC3)c2n1. The van der Waals surface area contributed by atoms with Crippen LogP contribution in [0.25, 0.3) is 10.9 Å². The number of nitrogens with zero attached hydrogens (tertiary/aromatic N) is 2. The van der Waals surface area contributed by atoms with Crippen LogP contribution >= 0.6 is 23.2 Å². The number of aliphatic hydroxyl groups is 1. The predicted octanol–water partition coefficient (Wildman–Crippen LogP) is 3.49. The third-order valence-electron chi connectivity index (χ3n) is 5.38. The molecule has 2 atom stereocenters. The predicted molar refractivity (Wildman–Crippen MR) is 109 cm³/mol. The second kappa shape index (κ2) is 8.10. The van der Waals surface area contributed by atoms with E-state index in [1.54, 1.807) is 6.07 Å². The van der Waals surface area contributed by atoms with Crippen LogP contribution < -0.4 is 10.1 Å². The first kappa shape index (κ1) is 19.2. The Balaban J connectivity index is 1.64. The zero-order chi connectivity index (χ0) is 19.0. The van der Waals surface area contributed by atoms with Gasteiger partial charge in [-0.3, -0.25) is 4.90 Å². The fourth-order valence-electron chi connectivity index (χ4n) is 3.67. The first-order chi connectivity index (χ1) is 13.0. The maximum Gasteiger partial charge on any atom is 0.164 e. The van der Waals surface area contributed by atoms with E-state index in [4.69, 9.17) is 32.9 Å². The van der Waals surface area contributed by atoms with Gasteiger partial charge in [0.2, 0.25) is 0 Å². The molecule has 2 heterocycles. The van der Waals surface area contributed by atoms with Gasteiger partial charge in [0.1, 0.15) is 11.7 Å². The summed E-state index contributed by atoms with van der Waals surface area (Å²) in [5, 5.41) is 15.4. The topological polar surface area (TPSA) is 57.6 Å². The van der Waals surface area contributed by atoms with Gasteiger partial charge in [-0.25, -0.2) is 4.98 Å². The van der Waals surface area contributed by atoms with E-state index in [-0.39, 0.29) is 6.04 Å². The maximum atomic E-state index is 10.1. The molecule has 2 fully saturated rings. The van der Waals surface area contributed by atoms with Crippen LogP contribution in [0.4, 0.5) is 0 Å². The molecule has 7 heteroatoms. The number of halogens is 2. The van der Waals surface area contributed by atoms with E-state index in [9.17, 15) is 5.11 Å². The summed E-state index contributed by atoms with van der Waals surface area (Å²) in [4.78, 5) is 6.96. The van der Waals surface area contributed by atoms with E-state index in [0.717, 1.165) is 42.7 Å². The lowest BCUT2D eigenvalue weighted by molar-refractivity contribution is -0.0221. The third kappa shape index (κ3) is 4.33. The van der Waals surface area contributed by atoms with Crippen LogP contribution in [-0.2, 0) is 6.42 Å². The van der Waals surface area contributed by atoms with E-state index in [2.05, 4.69) is 10.2 Å². The number of hydrogen-bond acceptors (Lipinski definition) is 5. The lowest BCUT2D eigenvalue weighted by Crippen LogP contribution is -2.55. The van der Waals surface area contributed by atoms with Gasteiger partial charge in [0.15, 0.2) is 5.75 Å². The lowest BCUT2D eigenvalue weighted by Gasteiger charge is -2.38. The average molecular weight is 410 g/mol. The van der Waals surface area contributed by atoms with Crippen molar-refractivity contribution in [3.8, 4) is 5.75 Å². The number of aliphatic hydroxyl groups excluding tert-OH is 1. The molecule has 146 valence electrons. The molecule has 1 aliphatic carbocycles. The van der Waals surface area contributed by atoms with Crippen LogP contribution in [0.2, 0.25) is 10.0 Å². The molecule has 0 radical (unpaired) electrons. The van der Waals surface area contributed by atoms with Crippen molar-refractivity contribution in [2.24, 2.45) is 5.92 Å². The molecule has 4 rings (SSSR count). The molecule has 5 nitrogen and oxygen atoms in total. The average Bonchev–Trinajstić information content (AvgIpc) is 3.46. The van der Waals surface area contributed by atoms with E-state index in [1.165, 1.54) is 12.8 Å². The van der Waals surface area contributed by atoms with Gasteiger partial charge in [0, 0.05) is 43.2 Å². The summed E-state index contributed by atoms with van der Waals surface area (Å²) < 4.78 is 6.02. The Labute approximate surface area is 169 Å². The first-order valence-electron chi connectivity index (χ1n) is 9.58. The summed E-state index contributed by atoms with van der Waals surface area (Å²) in [5.41, 5.74) is 1.66. The minimum atomic E-state index is -0.473. The summed E-state index contributed by atoms with van der Waals surface area (Å²) >= 11 is 12.8. The number of aromatic nitrogens is 1. The van der Waals surface area contributed by atoms with E-state index in [0.29, 0.717) is 28.3 Å². The Bertz CT molecular complexity index is 826. The molecular formula is C20H25Cl2N3O2. The summed E-state index contributed by atoms with van der Waals surface area (Å²) in [6, 6.07) is 5.91. The smallest absolute Gasteiger partial charge is 0.164 e. The molecule has 1 aromatic heterocycles. The van der Waals surface area contributed by atoms with Crippen LogP contribution in [0.1, 0.15) is 25.5 Å². The first-order valence-corrected chi connectivity index (χ1v) is 10.3. The largest absolute Gasteiger partial charge is 0.489 e. The van der Waals surface area contributed by atoms with Gasteiger partial charge in [0.25, 0.3) is 0 Å². The number of rotatable bonds is 6. The quantitative estimate of drug-likeness (QED) is 0.764. The fourth-order valence-corrected chi connectivity index (χ4v) is 4.24. The molecule has 1 saturated heterocycles. The summed E-state index contributed by atoms with van der Waals surface area (Å²) in [6.45, 7) is 5.02. The molecule has 1 aliphatic heterocycles. The number of nitrogens with one attached hydrogen (secondary N) is 1. The van der Waals surface area contributed by atoms with Crippen molar-refractivity contribution in [3.63, 3.8) is 0 Å². The molecule has 0 spiro atoms. The van der Waals surface area contributed by atoms with Crippen LogP contribution in [0.5, 0.6) is 5.75 Å². The molecule has 27 heavy (non-hydrogen) atoms. The monoisotopic (exact) mass is 409 g/mol. The molecular weight excluding hydrogens is 385 g/mol. The number of fused-ring (bicyclic) bond motifs is 1. The highest BCUT2D eigenvalue weighted by Gasteiger charge is 2.27. The van der Waals surface area contributed by atoms with Crippen molar-refractivity contribution in [2.45, 2.75) is 38.5 Å². The minimum absolute atomic E-state index is 0.189. The number of hydrogen-bond donors (Lipinski definition) is 2. The lowest BCUT2D eigenvalue weighted by atomic mass is 10.1. The fraction of sp³-hybridized carbons (Fsp3) is 0.550. The number of ether oxygens (including phenoxy) is 1. The van der Waals surface area contributed by atoms with Crippen molar-refractivity contribution >= 4 is 34.1 Å². The second-order valence-corrected chi connectivity index (χ2v) is 8.37. The third-order valence-corrected chi connectivity index (χ3v) is 5.97. The van der Waals surface area contributed by atoms with Crippen LogP contribution in [0.15, 0.2) is 18.2 Å². The Kier molecular flexibility index (Phi) is 5.76. The molecule has 0 amide bonds.